The van der Waals surface area contributed by atoms with Crippen LogP contribution in [0.2, 0.25) is 0 Å². The lowest BCUT2D eigenvalue weighted by atomic mass is 9.93. The zero-order valence-corrected chi connectivity index (χ0v) is 25.6. The van der Waals surface area contributed by atoms with E-state index < -0.39 is 0 Å². The van der Waals surface area contributed by atoms with Crippen LogP contribution in [0.15, 0.2) is 205 Å². The first kappa shape index (κ1) is 28.8. The molecule has 3 heteroatoms. The van der Waals surface area contributed by atoms with E-state index in [1.807, 2.05) is 18.2 Å². The Morgan fingerprint density at radius 1 is 0.478 bits per heavy atom. The molecule has 222 valence electrons. The Morgan fingerprint density at radius 3 is 1.37 bits per heavy atom. The van der Waals surface area contributed by atoms with Crippen molar-refractivity contribution >= 4 is 39.8 Å². The second-order valence-electron chi connectivity index (χ2n) is 11.2. The van der Waals surface area contributed by atoms with Crippen LogP contribution in [0.25, 0.3) is 0 Å². The Hall–Kier alpha value is -5.93. The maximum Gasteiger partial charge on any atom is 0.0778 e. The van der Waals surface area contributed by atoms with Crippen molar-refractivity contribution in [1.82, 2.24) is 0 Å². The largest absolute Gasteiger partial charge is 0.334 e. The Labute approximate surface area is 271 Å². The lowest BCUT2D eigenvalue weighted by molar-refractivity contribution is 0.782. The average molecular weight is 594 g/mol. The fraction of sp³-hybridized carbons (Fsp3) is 0.0465. The van der Waals surface area contributed by atoms with Crippen LogP contribution in [0.1, 0.15) is 12.0 Å². The molecule has 0 saturated carbocycles. The normalized spacial score (nSPS) is 14.4. The van der Waals surface area contributed by atoms with E-state index in [0.717, 1.165) is 46.0 Å². The molecule has 1 aliphatic rings. The van der Waals surface area contributed by atoms with Gasteiger partial charge in [-0.05, 0) is 84.8 Å². The van der Waals surface area contributed by atoms with Gasteiger partial charge in [0.2, 0.25) is 0 Å². The first-order valence-electron chi connectivity index (χ1n) is 15.8. The molecule has 0 amide bonds. The van der Waals surface area contributed by atoms with Crippen molar-refractivity contribution in [3.8, 4) is 0 Å². The van der Waals surface area contributed by atoms with E-state index in [9.17, 15) is 0 Å². The highest BCUT2D eigenvalue weighted by Crippen LogP contribution is 2.36. The molecular weight excluding hydrogens is 558 g/mol. The van der Waals surface area contributed by atoms with Gasteiger partial charge in [0, 0.05) is 34.0 Å². The first-order chi connectivity index (χ1) is 22.8. The molecular formula is C43H35N3. The number of hydrogen-bond donors (Lipinski definition) is 0. The van der Waals surface area contributed by atoms with Crippen LogP contribution in [0.5, 0.6) is 0 Å². The number of anilines is 5. The molecule has 6 aromatic rings. The molecule has 0 heterocycles. The van der Waals surface area contributed by atoms with Gasteiger partial charge in [-0.25, -0.2) is 4.99 Å². The van der Waals surface area contributed by atoms with Crippen molar-refractivity contribution in [3.63, 3.8) is 0 Å². The number of allylic oxidation sites excluding steroid dienone is 2. The SMILES string of the molecule is C1=CC(N(c2ccccc2)c2ccccc2)CC=C1/C(=N/c1ccccc1)c1ccc(N(c2ccccc2)c2ccccc2)cc1. The van der Waals surface area contributed by atoms with Gasteiger partial charge in [-0.2, -0.15) is 0 Å². The summed E-state index contributed by atoms with van der Waals surface area (Å²) in [7, 11) is 0. The van der Waals surface area contributed by atoms with Gasteiger partial charge in [0.1, 0.15) is 0 Å². The molecule has 7 rings (SSSR count). The molecule has 46 heavy (non-hydrogen) atoms. The van der Waals surface area contributed by atoms with Gasteiger partial charge < -0.3 is 9.80 Å². The molecule has 1 unspecified atom stereocenters. The Balaban J connectivity index is 1.23. The molecule has 1 atom stereocenters. The molecule has 0 aliphatic heterocycles. The van der Waals surface area contributed by atoms with Crippen molar-refractivity contribution < 1.29 is 0 Å². The quantitative estimate of drug-likeness (QED) is 0.155. The van der Waals surface area contributed by atoms with Crippen LogP contribution in [0, 0.1) is 0 Å². The van der Waals surface area contributed by atoms with Gasteiger partial charge in [0.25, 0.3) is 0 Å². The van der Waals surface area contributed by atoms with E-state index >= 15 is 0 Å². The van der Waals surface area contributed by atoms with Crippen molar-refractivity contribution in [1.29, 1.82) is 0 Å². The molecule has 0 N–H and O–H groups in total. The predicted molar refractivity (Wildman–Crippen MR) is 194 cm³/mol. The third-order valence-electron chi connectivity index (χ3n) is 8.18. The number of hydrogen-bond acceptors (Lipinski definition) is 3. The third kappa shape index (κ3) is 6.45. The second kappa shape index (κ2) is 13.8. The third-order valence-corrected chi connectivity index (χ3v) is 8.18. The molecule has 0 aromatic heterocycles. The molecule has 6 aromatic carbocycles. The van der Waals surface area contributed by atoms with Gasteiger partial charge in [-0.3, -0.25) is 0 Å². The lowest BCUT2D eigenvalue weighted by Gasteiger charge is -2.33. The minimum atomic E-state index is 0.180. The summed E-state index contributed by atoms with van der Waals surface area (Å²) in [6.07, 6.45) is 7.75. The highest BCUT2D eigenvalue weighted by molar-refractivity contribution is 6.15. The van der Waals surface area contributed by atoms with Crippen LogP contribution in [0.3, 0.4) is 0 Å². The Kier molecular flexibility index (Phi) is 8.64. The van der Waals surface area contributed by atoms with E-state index in [4.69, 9.17) is 4.99 Å². The fourth-order valence-corrected chi connectivity index (χ4v) is 5.98. The molecule has 3 nitrogen and oxygen atoms in total. The van der Waals surface area contributed by atoms with Crippen molar-refractivity contribution in [3.05, 3.63) is 205 Å². The number of para-hydroxylation sites is 5. The van der Waals surface area contributed by atoms with Crippen LogP contribution in [0.4, 0.5) is 34.1 Å². The number of rotatable bonds is 9. The molecule has 0 radical (unpaired) electrons. The minimum Gasteiger partial charge on any atom is -0.334 e. The summed E-state index contributed by atoms with van der Waals surface area (Å²) in [6.45, 7) is 0. The molecule has 0 saturated heterocycles. The predicted octanol–water partition coefficient (Wildman–Crippen LogP) is 11.4. The van der Waals surface area contributed by atoms with Gasteiger partial charge >= 0.3 is 0 Å². The van der Waals surface area contributed by atoms with Gasteiger partial charge in [0.05, 0.1) is 17.4 Å². The first-order valence-corrected chi connectivity index (χ1v) is 15.8. The zero-order valence-electron chi connectivity index (χ0n) is 25.6. The maximum absolute atomic E-state index is 5.20. The van der Waals surface area contributed by atoms with Crippen molar-refractivity contribution in [2.45, 2.75) is 12.5 Å². The maximum atomic E-state index is 5.20. The van der Waals surface area contributed by atoms with E-state index in [1.165, 1.54) is 11.4 Å². The van der Waals surface area contributed by atoms with E-state index in [-0.39, 0.29) is 6.04 Å². The van der Waals surface area contributed by atoms with Gasteiger partial charge in [-0.15, -0.1) is 0 Å². The summed E-state index contributed by atoms with van der Waals surface area (Å²) in [5.41, 5.74) is 9.77. The summed E-state index contributed by atoms with van der Waals surface area (Å²) in [5, 5.41) is 0. The van der Waals surface area contributed by atoms with Crippen molar-refractivity contribution in [2.75, 3.05) is 9.80 Å². The topological polar surface area (TPSA) is 18.8 Å². The summed E-state index contributed by atoms with van der Waals surface area (Å²) < 4.78 is 0. The number of aliphatic imine (C=N–C) groups is 1. The Morgan fingerprint density at radius 2 is 0.913 bits per heavy atom. The monoisotopic (exact) mass is 593 g/mol. The number of nitrogens with zero attached hydrogens (tertiary/aromatic N) is 3. The number of benzene rings is 6. The fourth-order valence-electron chi connectivity index (χ4n) is 5.98. The average Bonchev–Trinajstić information content (AvgIpc) is 3.14. The lowest BCUT2D eigenvalue weighted by Crippen LogP contribution is -2.30. The molecule has 1 aliphatic carbocycles. The van der Waals surface area contributed by atoms with E-state index in [2.05, 4.69) is 186 Å². The van der Waals surface area contributed by atoms with Crippen LogP contribution in [-0.2, 0) is 0 Å². The summed E-state index contributed by atoms with van der Waals surface area (Å²) in [4.78, 5) is 9.89. The van der Waals surface area contributed by atoms with E-state index in [0.29, 0.717) is 0 Å². The van der Waals surface area contributed by atoms with E-state index in [1.54, 1.807) is 0 Å². The smallest absolute Gasteiger partial charge is 0.0778 e. The van der Waals surface area contributed by atoms with Crippen LogP contribution < -0.4 is 9.80 Å². The highest BCUT2D eigenvalue weighted by atomic mass is 15.2. The van der Waals surface area contributed by atoms with Crippen molar-refractivity contribution in [2.24, 2.45) is 4.99 Å². The van der Waals surface area contributed by atoms with Gasteiger partial charge in [-0.1, -0.05) is 121 Å². The highest BCUT2D eigenvalue weighted by Gasteiger charge is 2.22. The molecule has 0 bridgehead atoms. The van der Waals surface area contributed by atoms with Crippen LogP contribution >= 0.6 is 0 Å². The minimum absolute atomic E-state index is 0.180. The Bertz CT molecular complexity index is 1850. The summed E-state index contributed by atoms with van der Waals surface area (Å²) in [6, 6.07) is 61.4. The van der Waals surface area contributed by atoms with Gasteiger partial charge in [0.15, 0.2) is 0 Å². The van der Waals surface area contributed by atoms with Crippen LogP contribution in [-0.4, -0.2) is 11.8 Å². The second-order valence-corrected chi connectivity index (χ2v) is 11.2. The molecule has 0 spiro atoms. The summed E-state index contributed by atoms with van der Waals surface area (Å²) in [5.74, 6) is 0. The molecule has 0 fully saturated rings. The standard InChI is InChI=1S/C43H35N3/c1-6-16-36(17-7-1)44-43(34-26-30-41(31-27-34)45(37-18-8-2-9-19-37)38-20-10-3-11-21-38)35-28-32-42(33-29-35)46(39-22-12-4-13-23-39)40-24-14-5-15-25-40/h1-32,42H,33H2/b44-43+. The zero-order chi connectivity index (χ0) is 31.0. The summed E-state index contributed by atoms with van der Waals surface area (Å²) >= 11 is 0.